The van der Waals surface area contributed by atoms with Gasteiger partial charge in [-0.3, -0.25) is 4.79 Å². The van der Waals surface area contributed by atoms with Crippen molar-refractivity contribution in [3.8, 4) is 0 Å². The van der Waals surface area contributed by atoms with Crippen molar-refractivity contribution in [2.45, 2.75) is 45.1 Å². The Kier molecular flexibility index (Phi) is 4.71. The predicted octanol–water partition coefficient (Wildman–Crippen LogP) is 3.32. The minimum absolute atomic E-state index is 0.147. The molecule has 0 saturated heterocycles. The van der Waals surface area contributed by atoms with Crippen LogP contribution in [0.25, 0.3) is 0 Å². The highest BCUT2D eigenvalue weighted by molar-refractivity contribution is 6.30. The Labute approximate surface area is 125 Å². The molecule has 3 nitrogen and oxygen atoms in total. The Balaban J connectivity index is 1.95. The summed E-state index contributed by atoms with van der Waals surface area (Å²) in [4.78, 5) is 12.2. The van der Waals surface area contributed by atoms with E-state index >= 15 is 0 Å². The Morgan fingerprint density at radius 1 is 1.45 bits per heavy atom. The van der Waals surface area contributed by atoms with Gasteiger partial charge < -0.3 is 10.4 Å². The number of halogens is 1. The second-order valence-corrected chi connectivity index (χ2v) is 6.49. The van der Waals surface area contributed by atoms with Gasteiger partial charge in [0.1, 0.15) is 0 Å². The zero-order chi connectivity index (χ0) is 14.8. The van der Waals surface area contributed by atoms with Gasteiger partial charge in [0.05, 0.1) is 5.60 Å². The highest BCUT2D eigenvalue weighted by Gasteiger charge is 2.32. The molecular weight excluding hydrogens is 274 g/mol. The molecular formula is C16H22ClNO2. The average Bonchev–Trinajstić information content (AvgIpc) is 2.40. The molecule has 1 amide bonds. The van der Waals surface area contributed by atoms with Gasteiger partial charge in [-0.2, -0.15) is 0 Å². The van der Waals surface area contributed by atoms with E-state index in [1.807, 2.05) is 6.92 Å². The van der Waals surface area contributed by atoms with Crippen LogP contribution in [0.5, 0.6) is 0 Å². The molecule has 2 N–H and O–H groups in total. The van der Waals surface area contributed by atoms with E-state index < -0.39 is 5.60 Å². The molecule has 1 saturated carbocycles. The fraction of sp³-hybridized carbons (Fsp3) is 0.562. The number of hydrogen-bond acceptors (Lipinski definition) is 2. The second kappa shape index (κ2) is 6.15. The topological polar surface area (TPSA) is 49.3 Å². The fourth-order valence-corrected chi connectivity index (χ4v) is 2.92. The molecule has 2 rings (SSSR count). The van der Waals surface area contributed by atoms with Crippen molar-refractivity contribution in [2.75, 3.05) is 6.54 Å². The zero-order valence-corrected chi connectivity index (χ0v) is 12.8. The fourth-order valence-electron chi connectivity index (χ4n) is 2.70. The van der Waals surface area contributed by atoms with E-state index in [1.165, 1.54) is 0 Å². The number of amides is 1. The number of rotatable bonds is 3. The van der Waals surface area contributed by atoms with Crippen LogP contribution >= 0.6 is 11.6 Å². The third-order valence-corrected chi connectivity index (χ3v) is 4.45. The average molecular weight is 296 g/mol. The van der Waals surface area contributed by atoms with E-state index in [0.717, 1.165) is 31.2 Å². The van der Waals surface area contributed by atoms with Crippen LogP contribution in [-0.2, 0) is 0 Å². The van der Waals surface area contributed by atoms with E-state index in [-0.39, 0.29) is 5.91 Å². The highest BCUT2D eigenvalue weighted by atomic mass is 35.5. The normalized spacial score (nSPS) is 26.3. The van der Waals surface area contributed by atoms with Crippen molar-refractivity contribution in [3.05, 3.63) is 34.3 Å². The monoisotopic (exact) mass is 295 g/mol. The van der Waals surface area contributed by atoms with Crippen molar-refractivity contribution in [1.82, 2.24) is 5.32 Å². The minimum atomic E-state index is -0.748. The summed E-state index contributed by atoms with van der Waals surface area (Å²) >= 11 is 5.88. The van der Waals surface area contributed by atoms with Crippen molar-refractivity contribution < 1.29 is 9.90 Å². The van der Waals surface area contributed by atoms with Gasteiger partial charge >= 0.3 is 0 Å². The van der Waals surface area contributed by atoms with Crippen molar-refractivity contribution in [3.63, 3.8) is 0 Å². The number of aryl methyl sites for hydroxylation is 1. The van der Waals surface area contributed by atoms with Crippen molar-refractivity contribution in [2.24, 2.45) is 5.92 Å². The van der Waals surface area contributed by atoms with Crippen LogP contribution in [0.15, 0.2) is 18.2 Å². The summed E-state index contributed by atoms with van der Waals surface area (Å²) in [7, 11) is 0. The third-order valence-electron chi connectivity index (χ3n) is 4.22. The quantitative estimate of drug-likeness (QED) is 0.899. The first-order valence-corrected chi connectivity index (χ1v) is 7.54. The third kappa shape index (κ3) is 3.74. The van der Waals surface area contributed by atoms with Gasteiger partial charge in [0.15, 0.2) is 0 Å². The van der Waals surface area contributed by atoms with Crippen LogP contribution in [0.4, 0.5) is 0 Å². The molecule has 1 aliphatic carbocycles. The molecule has 1 fully saturated rings. The van der Waals surface area contributed by atoms with Crippen LogP contribution in [0.3, 0.4) is 0 Å². The molecule has 20 heavy (non-hydrogen) atoms. The lowest BCUT2D eigenvalue weighted by atomic mass is 9.79. The molecule has 4 heteroatoms. The Hall–Kier alpha value is -1.06. The molecule has 1 aliphatic rings. The predicted molar refractivity (Wildman–Crippen MR) is 81.1 cm³/mol. The van der Waals surface area contributed by atoms with E-state index in [4.69, 9.17) is 11.6 Å². The van der Waals surface area contributed by atoms with Crippen LogP contribution < -0.4 is 5.32 Å². The maximum absolute atomic E-state index is 12.2. The number of carbonyl (C=O) groups is 1. The summed E-state index contributed by atoms with van der Waals surface area (Å²) in [6.07, 6.45) is 3.56. The molecule has 0 bridgehead atoms. The van der Waals surface area contributed by atoms with Crippen LogP contribution in [0, 0.1) is 12.8 Å². The van der Waals surface area contributed by atoms with Gasteiger partial charge in [0.25, 0.3) is 5.91 Å². The van der Waals surface area contributed by atoms with Crippen LogP contribution in [-0.4, -0.2) is 23.2 Å². The van der Waals surface area contributed by atoms with E-state index in [2.05, 4.69) is 12.2 Å². The minimum Gasteiger partial charge on any atom is -0.388 e. The standard InChI is InChI=1S/C16H22ClNO2/c1-11-5-7-16(20,8-6-11)10-18-15(19)14-4-3-13(17)9-12(14)2/h3-4,9,11,20H,5-8,10H2,1-2H3,(H,18,19). The van der Waals surface area contributed by atoms with E-state index in [9.17, 15) is 9.90 Å². The number of carbonyl (C=O) groups excluding carboxylic acids is 1. The summed E-state index contributed by atoms with van der Waals surface area (Å²) in [5.74, 6) is 0.524. The molecule has 1 aromatic carbocycles. The number of benzene rings is 1. The van der Waals surface area contributed by atoms with E-state index in [1.54, 1.807) is 18.2 Å². The molecule has 0 aliphatic heterocycles. The van der Waals surface area contributed by atoms with Crippen LogP contribution in [0.1, 0.15) is 48.5 Å². The zero-order valence-electron chi connectivity index (χ0n) is 12.1. The van der Waals surface area contributed by atoms with Gasteiger partial charge in [0.2, 0.25) is 0 Å². The maximum Gasteiger partial charge on any atom is 0.251 e. The molecule has 0 aromatic heterocycles. The van der Waals surface area contributed by atoms with Gasteiger partial charge in [-0.25, -0.2) is 0 Å². The summed E-state index contributed by atoms with van der Waals surface area (Å²) in [5, 5.41) is 13.9. The lowest BCUT2D eigenvalue weighted by molar-refractivity contribution is -0.00540. The number of hydrogen-bond donors (Lipinski definition) is 2. The van der Waals surface area contributed by atoms with Gasteiger partial charge in [-0.1, -0.05) is 18.5 Å². The number of aliphatic hydroxyl groups is 1. The maximum atomic E-state index is 12.2. The number of nitrogens with one attached hydrogen (secondary N) is 1. The Bertz CT molecular complexity index is 493. The first-order chi connectivity index (χ1) is 9.39. The lowest BCUT2D eigenvalue weighted by Gasteiger charge is -2.35. The molecule has 0 atom stereocenters. The summed E-state index contributed by atoms with van der Waals surface area (Å²) in [6.45, 7) is 4.38. The van der Waals surface area contributed by atoms with Gasteiger partial charge in [-0.05, 0) is 62.3 Å². The first kappa shape index (κ1) is 15.3. The second-order valence-electron chi connectivity index (χ2n) is 6.05. The Morgan fingerprint density at radius 3 is 2.70 bits per heavy atom. The van der Waals surface area contributed by atoms with Crippen molar-refractivity contribution in [1.29, 1.82) is 0 Å². The molecule has 1 aromatic rings. The summed E-state index contributed by atoms with van der Waals surface area (Å²) < 4.78 is 0. The largest absolute Gasteiger partial charge is 0.388 e. The van der Waals surface area contributed by atoms with E-state index in [0.29, 0.717) is 23.0 Å². The van der Waals surface area contributed by atoms with Gasteiger partial charge in [-0.15, -0.1) is 0 Å². The SMILES string of the molecule is Cc1cc(Cl)ccc1C(=O)NCC1(O)CCC(C)CC1. The smallest absolute Gasteiger partial charge is 0.251 e. The Morgan fingerprint density at radius 2 is 2.10 bits per heavy atom. The first-order valence-electron chi connectivity index (χ1n) is 7.16. The van der Waals surface area contributed by atoms with Crippen LogP contribution in [0.2, 0.25) is 5.02 Å². The highest BCUT2D eigenvalue weighted by Crippen LogP contribution is 2.31. The molecule has 0 unspecified atom stereocenters. The molecule has 0 heterocycles. The van der Waals surface area contributed by atoms with Gasteiger partial charge in [0, 0.05) is 17.1 Å². The molecule has 0 radical (unpaired) electrons. The summed E-state index contributed by atoms with van der Waals surface area (Å²) in [5.41, 5.74) is 0.712. The molecule has 0 spiro atoms. The molecule has 110 valence electrons. The lowest BCUT2D eigenvalue weighted by Crippen LogP contribution is -2.45. The van der Waals surface area contributed by atoms with Crippen molar-refractivity contribution >= 4 is 17.5 Å². The summed E-state index contributed by atoms with van der Waals surface area (Å²) in [6, 6.07) is 5.20.